The summed E-state index contributed by atoms with van der Waals surface area (Å²) in [5.74, 6) is -1.03. The molecule has 3 heterocycles. The van der Waals surface area contributed by atoms with Gasteiger partial charge in [0.15, 0.2) is 0 Å². The van der Waals surface area contributed by atoms with Gasteiger partial charge in [-0.3, -0.25) is 18.9 Å². The zero-order valence-corrected chi connectivity index (χ0v) is 26.5. The van der Waals surface area contributed by atoms with Crippen LogP contribution in [0.1, 0.15) is 60.0 Å². The van der Waals surface area contributed by atoms with Crippen LogP contribution in [0.25, 0.3) is 10.1 Å². The van der Waals surface area contributed by atoms with Crippen molar-refractivity contribution < 1.29 is 37.5 Å². The summed E-state index contributed by atoms with van der Waals surface area (Å²) < 4.78 is 40.3. The van der Waals surface area contributed by atoms with Crippen molar-refractivity contribution in [3.8, 4) is 0 Å². The molecular weight excluding hydrogens is 611 g/mol. The highest BCUT2D eigenvalue weighted by atomic mass is 32.1. The van der Waals surface area contributed by atoms with Crippen LogP contribution in [0, 0.1) is 5.41 Å². The Balaban J connectivity index is 1.33. The number of amides is 3. The second-order valence-corrected chi connectivity index (χ2v) is 15.2. The van der Waals surface area contributed by atoms with Gasteiger partial charge in [-0.2, -0.15) is 8.78 Å². The average Bonchev–Trinajstić information content (AvgIpc) is 3.56. The number of likely N-dealkylation sites (tertiary alicyclic amines) is 1. The Kier molecular flexibility index (Phi) is 8.76. The first-order valence-corrected chi connectivity index (χ1v) is 17.0. The van der Waals surface area contributed by atoms with E-state index in [0.29, 0.717) is 37.2 Å². The Labute approximate surface area is 258 Å². The van der Waals surface area contributed by atoms with Gasteiger partial charge in [0, 0.05) is 29.9 Å². The van der Waals surface area contributed by atoms with E-state index in [9.17, 15) is 27.7 Å². The van der Waals surface area contributed by atoms with Gasteiger partial charge >= 0.3 is 13.3 Å². The van der Waals surface area contributed by atoms with E-state index in [-0.39, 0.29) is 22.1 Å². The predicted molar refractivity (Wildman–Crippen MR) is 164 cm³/mol. The van der Waals surface area contributed by atoms with Crippen LogP contribution in [-0.2, 0) is 32.7 Å². The number of alkyl halides is 2. The van der Waals surface area contributed by atoms with Crippen molar-refractivity contribution in [1.82, 2.24) is 15.1 Å². The minimum absolute atomic E-state index is 0.0879. The number of halogens is 2. The second-order valence-electron chi connectivity index (χ2n) is 12.5. The summed E-state index contributed by atoms with van der Waals surface area (Å²) in [5.41, 5.74) is -3.50. The van der Waals surface area contributed by atoms with Crippen molar-refractivity contribution in [3.63, 3.8) is 0 Å². The number of nitrogens with zero attached hydrogens (tertiary/aromatic N) is 2. The number of hydrogen-bond acceptors (Lipinski definition) is 5. The number of rotatable bonds is 6. The second kappa shape index (κ2) is 12.0. The molecule has 2 unspecified atom stereocenters. The lowest BCUT2D eigenvalue weighted by molar-refractivity contribution is -0.146. The largest absolute Gasteiger partial charge is 0.399 e. The summed E-state index contributed by atoms with van der Waals surface area (Å²) >= 11 is 1.01. The van der Waals surface area contributed by atoms with E-state index in [2.05, 4.69) is 17.4 Å². The monoisotopic (exact) mass is 647 g/mol. The predicted octanol–water partition coefficient (Wildman–Crippen LogP) is 4.89. The molecule has 1 fully saturated rings. The Morgan fingerprint density at radius 2 is 1.64 bits per heavy atom. The molecule has 0 aliphatic carbocycles. The lowest BCUT2D eigenvalue weighted by atomic mass is 9.85. The fourth-order valence-electron chi connectivity index (χ4n) is 5.91. The first-order valence-electron chi connectivity index (χ1n) is 14.5. The molecule has 236 valence electrons. The van der Waals surface area contributed by atoms with E-state index in [1.54, 1.807) is 4.90 Å². The number of hydrogen-bond donors (Lipinski definition) is 3. The minimum atomic E-state index is -5.76. The number of carbonyl (C=O) groups is 3. The van der Waals surface area contributed by atoms with E-state index in [1.165, 1.54) is 23.3 Å². The Hall–Kier alpha value is -3.18. The summed E-state index contributed by atoms with van der Waals surface area (Å²) in [6, 6.07) is 11.1. The summed E-state index contributed by atoms with van der Waals surface area (Å²) in [7, 11) is -5.76. The lowest BCUT2D eigenvalue weighted by Gasteiger charge is -2.36. The first kappa shape index (κ1) is 32.2. The van der Waals surface area contributed by atoms with Crippen molar-refractivity contribution in [2.75, 3.05) is 19.6 Å². The molecule has 1 aromatic heterocycles. The topological polar surface area (TPSA) is 127 Å². The van der Waals surface area contributed by atoms with Crippen LogP contribution in [0.2, 0.25) is 0 Å². The number of thiophene rings is 1. The lowest BCUT2D eigenvalue weighted by Crippen LogP contribution is -2.58. The molecular formula is C31H36F2N3O6PS. The third-order valence-corrected chi connectivity index (χ3v) is 10.5. The van der Waals surface area contributed by atoms with E-state index in [0.717, 1.165) is 36.3 Å². The van der Waals surface area contributed by atoms with Gasteiger partial charge < -0.3 is 24.9 Å². The third-order valence-electron chi connectivity index (χ3n) is 8.39. The average molecular weight is 648 g/mol. The van der Waals surface area contributed by atoms with Gasteiger partial charge in [0.1, 0.15) is 12.1 Å². The van der Waals surface area contributed by atoms with Crippen LogP contribution in [0.5, 0.6) is 0 Å². The van der Waals surface area contributed by atoms with Gasteiger partial charge in [-0.05, 0) is 65.8 Å². The number of carbonyl (C=O) groups excluding carboxylic acids is 3. The standard InChI is InChI=1S/C31H36F2N3O6PS/c1-30(2,3)26(34-27(37)25-18-21-17-22(10-11-24(21)44-25)31(32,33)43(40,41)42)29(39)36-14-6-9-23(36)28(38)35-15-12-19-7-4-5-8-20(19)13-16-35/h4-5,7-8,10-11,17-18,23,26H,6,9,12-16H2,1-3H3,(H,34,37)(H2,40,41,42). The van der Waals surface area contributed by atoms with E-state index in [4.69, 9.17) is 9.79 Å². The molecule has 0 bridgehead atoms. The van der Waals surface area contributed by atoms with Crippen LogP contribution >= 0.6 is 18.9 Å². The van der Waals surface area contributed by atoms with Gasteiger partial charge in [-0.1, -0.05) is 51.1 Å². The van der Waals surface area contributed by atoms with Crippen molar-refractivity contribution in [2.24, 2.45) is 5.41 Å². The summed E-state index contributed by atoms with van der Waals surface area (Å²) in [4.78, 5) is 62.9. The number of benzene rings is 2. The Morgan fingerprint density at radius 1 is 1.00 bits per heavy atom. The molecule has 3 N–H and O–H groups in total. The molecule has 2 aliphatic rings. The van der Waals surface area contributed by atoms with E-state index in [1.807, 2.05) is 37.8 Å². The van der Waals surface area contributed by atoms with Gasteiger partial charge in [0.25, 0.3) is 5.91 Å². The number of nitrogens with one attached hydrogen (secondary N) is 1. The fraction of sp³-hybridized carbons (Fsp3) is 0.452. The van der Waals surface area contributed by atoms with Crippen LogP contribution in [-0.4, -0.2) is 69.0 Å². The van der Waals surface area contributed by atoms with Crippen LogP contribution < -0.4 is 5.32 Å². The normalized spacial score (nSPS) is 18.6. The molecule has 2 aromatic carbocycles. The quantitative estimate of drug-likeness (QED) is 0.327. The van der Waals surface area contributed by atoms with Gasteiger partial charge in [-0.25, -0.2) is 0 Å². The molecule has 3 aromatic rings. The SMILES string of the molecule is CC(C)(C)C(NC(=O)c1cc2cc(C(F)(F)P(=O)(O)O)ccc2s1)C(=O)N1CCCC1C(=O)N1CCc2ccccc2CC1. The zero-order valence-electron chi connectivity index (χ0n) is 24.8. The number of fused-ring (bicyclic) bond motifs is 2. The fourth-order valence-corrected chi connectivity index (χ4v) is 7.34. The van der Waals surface area contributed by atoms with Crippen LogP contribution in [0.4, 0.5) is 8.78 Å². The van der Waals surface area contributed by atoms with Crippen molar-refractivity contribution in [2.45, 2.75) is 64.2 Å². The maximum atomic E-state index is 14.3. The summed E-state index contributed by atoms with van der Waals surface area (Å²) in [5, 5.41) is 3.04. The smallest absolute Gasteiger partial charge is 0.340 e. The first-order chi connectivity index (χ1) is 20.6. The van der Waals surface area contributed by atoms with Crippen LogP contribution in [0.3, 0.4) is 0 Å². The van der Waals surface area contributed by atoms with Gasteiger partial charge in [0.2, 0.25) is 11.8 Å². The molecule has 2 atom stereocenters. The van der Waals surface area contributed by atoms with Gasteiger partial charge in [0.05, 0.1) is 4.88 Å². The molecule has 0 radical (unpaired) electrons. The molecule has 3 amide bonds. The minimum Gasteiger partial charge on any atom is -0.340 e. The summed E-state index contributed by atoms with van der Waals surface area (Å²) in [6.45, 7) is 6.98. The molecule has 5 rings (SSSR count). The highest BCUT2D eigenvalue weighted by Gasteiger charge is 2.50. The summed E-state index contributed by atoms with van der Waals surface area (Å²) in [6.07, 6.45) is 2.70. The van der Waals surface area contributed by atoms with E-state index >= 15 is 0 Å². The maximum Gasteiger partial charge on any atom is 0.399 e. The highest BCUT2D eigenvalue weighted by molar-refractivity contribution is 7.52. The maximum absolute atomic E-state index is 14.3. The molecule has 9 nitrogen and oxygen atoms in total. The highest BCUT2D eigenvalue weighted by Crippen LogP contribution is 2.59. The van der Waals surface area contributed by atoms with Crippen LogP contribution in [0.15, 0.2) is 48.5 Å². The molecule has 0 spiro atoms. The zero-order chi connectivity index (χ0) is 32.0. The molecule has 2 aliphatic heterocycles. The van der Waals surface area contributed by atoms with Crippen molar-refractivity contribution in [1.29, 1.82) is 0 Å². The Morgan fingerprint density at radius 3 is 2.23 bits per heavy atom. The van der Waals surface area contributed by atoms with Crippen molar-refractivity contribution >= 4 is 46.7 Å². The van der Waals surface area contributed by atoms with Crippen molar-refractivity contribution in [3.05, 3.63) is 70.1 Å². The van der Waals surface area contributed by atoms with Gasteiger partial charge in [-0.15, -0.1) is 11.3 Å². The molecule has 0 saturated carbocycles. The molecule has 1 saturated heterocycles. The molecule has 13 heteroatoms. The third kappa shape index (κ3) is 6.31. The van der Waals surface area contributed by atoms with E-state index < -0.39 is 42.2 Å². The Bertz CT molecular complexity index is 1620. The molecule has 44 heavy (non-hydrogen) atoms.